The lowest BCUT2D eigenvalue weighted by atomic mass is 9.95. The van der Waals surface area contributed by atoms with E-state index in [1.165, 1.54) is 49.4 Å². The van der Waals surface area contributed by atoms with Gasteiger partial charge in [0.25, 0.3) is 0 Å². The van der Waals surface area contributed by atoms with Crippen LogP contribution in [0.5, 0.6) is 0 Å². The monoisotopic (exact) mass is 460 g/mol. The summed E-state index contributed by atoms with van der Waals surface area (Å²) in [7, 11) is 0. The summed E-state index contributed by atoms with van der Waals surface area (Å²) in [6.07, 6.45) is 0. The van der Waals surface area contributed by atoms with Crippen molar-refractivity contribution in [3.8, 4) is 16.8 Å². The van der Waals surface area contributed by atoms with Gasteiger partial charge in [-0.15, -0.1) is 0 Å². The summed E-state index contributed by atoms with van der Waals surface area (Å²) >= 11 is 0. The van der Waals surface area contributed by atoms with Crippen molar-refractivity contribution in [2.75, 3.05) is 5.32 Å². The maximum Gasteiger partial charge on any atom is 0.0619 e. The smallest absolute Gasteiger partial charge is 0.0619 e. The van der Waals surface area contributed by atoms with E-state index in [1.807, 2.05) is 18.2 Å². The van der Waals surface area contributed by atoms with E-state index in [9.17, 15) is 0 Å². The molecule has 0 bridgehead atoms. The molecule has 0 aliphatic heterocycles. The molecule has 2 nitrogen and oxygen atoms in total. The van der Waals surface area contributed by atoms with Gasteiger partial charge in [0.1, 0.15) is 0 Å². The molecular formula is C34H24N2. The Kier molecular flexibility index (Phi) is 4.82. The van der Waals surface area contributed by atoms with Crippen LogP contribution in [0.15, 0.2) is 140 Å². The molecule has 0 unspecified atom stereocenters. The zero-order chi connectivity index (χ0) is 23.9. The third-order valence-corrected chi connectivity index (χ3v) is 6.95. The molecule has 0 amide bonds. The summed E-state index contributed by atoms with van der Waals surface area (Å²) in [4.78, 5) is 0. The molecule has 1 aromatic heterocycles. The average Bonchev–Trinajstić information content (AvgIpc) is 3.29. The fraction of sp³-hybridized carbons (Fsp3) is 0. The minimum absolute atomic E-state index is 1.08. The van der Waals surface area contributed by atoms with Crippen LogP contribution in [0.1, 0.15) is 0 Å². The van der Waals surface area contributed by atoms with Crippen LogP contribution >= 0.6 is 0 Å². The second-order valence-electron chi connectivity index (χ2n) is 9.12. The number of nitrogens with zero attached hydrogens (tertiary/aromatic N) is 1. The van der Waals surface area contributed by atoms with Crippen molar-refractivity contribution < 1.29 is 0 Å². The van der Waals surface area contributed by atoms with Crippen molar-refractivity contribution in [1.82, 2.24) is 4.57 Å². The van der Waals surface area contributed by atoms with Gasteiger partial charge in [0.05, 0.1) is 11.0 Å². The maximum atomic E-state index is 3.49. The predicted octanol–water partition coefficient (Wildman–Crippen LogP) is 9.35. The maximum absolute atomic E-state index is 3.49. The Morgan fingerprint density at radius 2 is 1.03 bits per heavy atom. The molecule has 0 radical (unpaired) electrons. The number of aromatic nitrogens is 1. The molecule has 0 aliphatic rings. The van der Waals surface area contributed by atoms with Crippen LogP contribution in [0.3, 0.4) is 0 Å². The zero-order valence-corrected chi connectivity index (χ0v) is 19.7. The molecule has 0 spiro atoms. The first-order valence-electron chi connectivity index (χ1n) is 12.3. The van der Waals surface area contributed by atoms with Crippen LogP contribution in [0.4, 0.5) is 11.4 Å². The quantitative estimate of drug-likeness (QED) is 0.277. The molecule has 0 fully saturated rings. The van der Waals surface area contributed by atoms with Crippen LogP contribution in [0, 0.1) is 0 Å². The van der Waals surface area contributed by atoms with E-state index >= 15 is 0 Å². The second-order valence-corrected chi connectivity index (χ2v) is 9.12. The Morgan fingerprint density at radius 1 is 0.444 bits per heavy atom. The normalized spacial score (nSPS) is 11.3. The number of anilines is 2. The first-order valence-corrected chi connectivity index (χ1v) is 12.3. The topological polar surface area (TPSA) is 17.0 Å². The second kappa shape index (κ2) is 8.44. The summed E-state index contributed by atoms with van der Waals surface area (Å²) in [5.41, 5.74) is 8.29. The Hall–Kier alpha value is -4.82. The highest BCUT2D eigenvalue weighted by Crippen LogP contribution is 2.41. The number of hydrogen-bond acceptors (Lipinski definition) is 1. The van der Waals surface area contributed by atoms with E-state index in [2.05, 4.69) is 131 Å². The van der Waals surface area contributed by atoms with Gasteiger partial charge < -0.3 is 9.88 Å². The number of nitrogens with one attached hydrogen (secondary N) is 1. The van der Waals surface area contributed by atoms with Gasteiger partial charge in [-0.2, -0.15) is 0 Å². The number of para-hydroxylation sites is 3. The molecule has 7 rings (SSSR count). The minimum Gasteiger partial charge on any atom is -0.356 e. The standard InChI is InChI=1S/C34H24N2/c1-3-11-25(12-4-1)35-26-21-19-24(20-22-26)31-23-32-29-16-9-10-18-33(29)36(27-13-5-2-6-14-27)34(32)30-17-8-7-15-28(30)31/h1-23,35H. The van der Waals surface area contributed by atoms with Gasteiger partial charge in [-0.3, -0.25) is 0 Å². The summed E-state index contributed by atoms with van der Waals surface area (Å²) in [5, 5.41) is 8.55. The molecule has 0 aliphatic carbocycles. The summed E-state index contributed by atoms with van der Waals surface area (Å²) in [6, 6.07) is 49.6. The lowest BCUT2D eigenvalue weighted by Crippen LogP contribution is -1.94. The first-order chi connectivity index (χ1) is 17.9. The lowest BCUT2D eigenvalue weighted by molar-refractivity contribution is 1.19. The Balaban J connectivity index is 1.46. The molecule has 6 aromatic carbocycles. The Bertz CT molecular complexity index is 1830. The van der Waals surface area contributed by atoms with Gasteiger partial charge in [-0.05, 0) is 65.0 Å². The SMILES string of the molecule is c1ccc(Nc2ccc(-c3cc4c5ccccc5n(-c5ccccc5)c4c4ccccc34)cc2)cc1. The lowest BCUT2D eigenvalue weighted by Gasteiger charge is -2.13. The summed E-state index contributed by atoms with van der Waals surface area (Å²) in [5.74, 6) is 0. The molecule has 0 saturated carbocycles. The summed E-state index contributed by atoms with van der Waals surface area (Å²) in [6.45, 7) is 0. The van der Waals surface area contributed by atoms with E-state index in [1.54, 1.807) is 0 Å². The number of rotatable bonds is 4. The molecular weight excluding hydrogens is 436 g/mol. The fourth-order valence-corrected chi connectivity index (χ4v) is 5.33. The zero-order valence-electron chi connectivity index (χ0n) is 19.7. The molecule has 36 heavy (non-hydrogen) atoms. The van der Waals surface area contributed by atoms with Gasteiger partial charge >= 0.3 is 0 Å². The van der Waals surface area contributed by atoms with E-state index < -0.39 is 0 Å². The van der Waals surface area contributed by atoms with Crippen LogP contribution in [0.25, 0.3) is 49.4 Å². The predicted molar refractivity (Wildman–Crippen MR) is 153 cm³/mol. The van der Waals surface area contributed by atoms with Crippen molar-refractivity contribution in [2.45, 2.75) is 0 Å². The van der Waals surface area contributed by atoms with Crippen molar-refractivity contribution in [3.63, 3.8) is 0 Å². The third-order valence-electron chi connectivity index (χ3n) is 6.95. The van der Waals surface area contributed by atoms with Crippen LogP contribution < -0.4 is 5.32 Å². The number of benzene rings is 6. The molecule has 170 valence electrons. The van der Waals surface area contributed by atoms with E-state index in [4.69, 9.17) is 0 Å². The van der Waals surface area contributed by atoms with Crippen molar-refractivity contribution in [1.29, 1.82) is 0 Å². The van der Waals surface area contributed by atoms with Gasteiger partial charge in [0.2, 0.25) is 0 Å². The average molecular weight is 461 g/mol. The molecule has 7 aromatic rings. The van der Waals surface area contributed by atoms with Crippen LogP contribution in [-0.4, -0.2) is 4.57 Å². The van der Waals surface area contributed by atoms with E-state index in [0.29, 0.717) is 0 Å². The van der Waals surface area contributed by atoms with E-state index in [-0.39, 0.29) is 0 Å². The largest absolute Gasteiger partial charge is 0.356 e. The van der Waals surface area contributed by atoms with Crippen molar-refractivity contribution >= 4 is 44.0 Å². The van der Waals surface area contributed by atoms with Gasteiger partial charge in [-0.1, -0.05) is 91.0 Å². The van der Waals surface area contributed by atoms with Gasteiger partial charge in [-0.25, -0.2) is 0 Å². The Labute approximate surface area is 210 Å². The highest BCUT2D eigenvalue weighted by Gasteiger charge is 2.17. The highest BCUT2D eigenvalue weighted by molar-refractivity contribution is 6.22. The number of hydrogen-bond donors (Lipinski definition) is 1. The highest BCUT2D eigenvalue weighted by atomic mass is 15.0. The Morgan fingerprint density at radius 3 is 1.78 bits per heavy atom. The van der Waals surface area contributed by atoms with Crippen LogP contribution in [-0.2, 0) is 0 Å². The number of fused-ring (bicyclic) bond motifs is 5. The first kappa shape index (κ1) is 20.5. The minimum atomic E-state index is 1.08. The molecule has 0 atom stereocenters. The van der Waals surface area contributed by atoms with Crippen molar-refractivity contribution in [2.24, 2.45) is 0 Å². The van der Waals surface area contributed by atoms with Gasteiger partial charge in [0, 0.05) is 33.2 Å². The molecule has 1 N–H and O–H groups in total. The third kappa shape index (κ3) is 3.35. The fourth-order valence-electron chi connectivity index (χ4n) is 5.33. The molecule has 1 heterocycles. The van der Waals surface area contributed by atoms with Crippen molar-refractivity contribution in [3.05, 3.63) is 140 Å². The van der Waals surface area contributed by atoms with Gasteiger partial charge in [0.15, 0.2) is 0 Å². The van der Waals surface area contributed by atoms with E-state index in [0.717, 1.165) is 11.4 Å². The molecule has 2 heteroatoms. The molecule has 0 saturated heterocycles. The summed E-state index contributed by atoms with van der Waals surface area (Å²) < 4.78 is 2.41. The van der Waals surface area contributed by atoms with Crippen LogP contribution in [0.2, 0.25) is 0 Å².